The Hall–Kier alpha value is -1.63. The highest BCUT2D eigenvalue weighted by Gasteiger charge is 2.06. The van der Waals surface area contributed by atoms with Gasteiger partial charge in [-0.1, -0.05) is 0 Å². The first-order valence-electron chi connectivity index (χ1n) is 3.84. The van der Waals surface area contributed by atoms with E-state index in [0.717, 1.165) is 0 Å². The van der Waals surface area contributed by atoms with Crippen LogP contribution in [0, 0.1) is 0 Å². The Morgan fingerprint density at radius 2 is 1.71 bits per heavy atom. The SMILES string of the molecule is COCC(=O)NNC(=O)CCC(=O)O. The third-order valence-electron chi connectivity index (χ3n) is 1.18. The summed E-state index contributed by atoms with van der Waals surface area (Å²) in [5.41, 5.74) is 4.09. The topological polar surface area (TPSA) is 105 Å². The Morgan fingerprint density at radius 3 is 2.21 bits per heavy atom. The second-order valence-corrected chi connectivity index (χ2v) is 2.42. The first-order chi connectivity index (χ1) is 6.56. The minimum Gasteiger partial charge on any atom is -0.481 e. The molecule has 0 unspecified atom stereocenters. The minimum atomic E-state index is -1.07. The summed E-state index contributed by atoms with van der Waals surface area (Å²) in [4.78, 5) is 31.6. The van der Waals surface area contributed by atoms with Gasteiger partial charge in [-0.15, -0.1) is 0 Å². The van der Waals surface area contributed by atoms with Crippen LogP contribution < -0.4 is 10.9 Å². The first-order valence-corrected chi connectivity index (χ1v) is 3.84. The van der Waals surface area contributed by atoms with E-state index in [1.807, 2.05) is 5.43 Å². The van der Waals surface area contributed by atoms with Gasteiger partial charge in [-0.25, -0.2) is 0 Å². The molecular formula is C7H12N2O5. The number of hydrogen-bond acceptors (Lipinski definition) is 4. The fourth-order valence-corrected chi connectivity index (χ4v) is 0.590. The lowest BCUT2D eigenvalue weighted by atomic mass is 10.3. The molecule has 80 valence electrons. The van der Waals surface area contributed by atoms with E-state index >= 15 is 0 Å². The van der Waals surface area contributed by atoms with Crippen molar-refractivity contribution in [2.24, 2.45) is 0 Å². The largest absolute Gasteiger partial charge is 0.481 e. The van der Waals surface area contributed by atoms with Crippen LogP contribution in [0.2, 0.25) is 0 Å². The molecule has 0 saturated heterocycles. The van der Waals surface area contributed by atoms with E-state index in [-0.39, 0.29) is 19.4 Å². The van der Waals surface area contributed by atoms with Gasteiger partial charge in [0.1, 0.15) is 6.61 Å². The molecule has 2 amide bonds. The molecule has 0 aliphatic rings. The number of rotatable bonds is 5. The van der Waals surface area contributed by atoms with Crippen LogP contribution in [0.1, 0.15) is 12.8 Å². The van der Waals surface area contributed by atoms with Crippen molar-refractivity contribution in [2.75, 3.05) is 13.7 Å². The van der Waals surface area contributed by atoms with Crippen LogP contribution in [0.4, 0.5) is 0 Å². The molecule has 3 N–H and O–H groups in total. The molecule has 0 aromatic rings. The van der Waals surface area contributed by atoms with Crippen LogP contribution in [0.3, 0.4) is 0 Å². The van der Waals surface area contributed by atoms with Crippen molar-refractivity contribution in [2.45, 2.75) is 12.8 Å². The van der Waals surface area contributed by atoms with E-state index < -0.39 is 17.8 Å². The Labute approximate surface area is 80.4 Å². The van der Waals surface area contributed by atoms with Gasteiger partial charge in [0.05, 0.1) is 6.42 Å². The van der Waals surface area contributed by atoms with Crippen molar-refractivity contribution in [3.63, 3.8) is 0 Å². The van der Waals surface area contributed by atoms with Crippen molar-refractivity contribution in [3.05, 3.63) is 0 Å². The van der Waals surface area contributed by atoms with Crippen molar-refractivity contribution < 1.29 is 24.2 Å². The minimum absolute atomic E-state index is 0.167. The quantitative estimate of drug-likeness (QED) is 0.480. The van der Waals surface area contributed by atoms with E-state index in [1.165, 1.54) is 7.11 Å². The molecule has 0 aliphatic carbocycles. The lowest BCUT2D eigenvalue weighted by molar-refractivity contribution is -0.139. The zero-order valence-corrected chi connectivity index (χ0v) is 7.70. The number of nitrogens with one attached hydrogen (secondary N) is 2. The molecule has 0 aromatic heterocycles. The summed E-state index contributed by atoms with van der Waals surface area (Å²) in [6, 6.07) is 0. The van der Waals surface area contributed by atoms with Crippen LogP contribution in [0.25, 0.3) is 0 Å². The van der Waals surface area contributed by atoms with E-state index in [0.29, 0.717) is 0 Å². The number of carboxylic acid groups (broad SMARTS) is 1. The fraction of sp³-hybridized carbons (Fsp3) is 0.571. The molecule has 0 bridgehead atoms. The molecule has 0 rings (SSSR count). The average Bonchev–Trinajstić information content (AvgIpc) is 2.12. The van der Waals surface area contributed by atoms with E-state index in [1.54, 1.807) is 0 Å². The maximum absolute atomic E-state index is 10.8. The second kappa shape index (κ2) is 6.84. The summed E-state index contributed by atoms with van der Waals surface area (Å²) in [6.45, 7) is -0.167. The molecule has 0 fully saturated rings. The standard InChI is InChI=1S/C7H12N2O5/c1-14-4-6(11)9-8-5(10)2-3-7(12)13/h2-4H2,1H3,(H,8,10)(H,9,11)(H,12,13). The maximum atomic E-state index is 10.8. The number of carbonyl (C=O) groups excluding carboxylic acids is 2. The van der Waals surface area contributed by atoms with Crippen molar-refractivity contribution in [1.82, 2.24) is 10.9 Å². The monoisotopic (exact) mass is 204 g/mol. The molecule has 0 heterocycles. The smallest absolute Gasteiger partial charge is 0.303 e. The number of amides is 2. The van der Waals surface area contributed by atoms with Gasteiger partial charge in [-0.3, -0.25) is 25.2 Å². The third kappa shape index (κ3) is 7.04. The summed E-state index contributed by atoms with van der Waals surface area (Å²) >= 11 is 0. The number of methoxy groups -OCH3 is 1. The summed E-state index contributed by atoms with van der Waals surface area (Å²) in [6.07, 6.45) is -0.450. The molecular weight excluding hydrogens is 192 g/mol. The third-order valence-corrected chi connectivity index (χ3v) is 1.18. The number of carbonyl (C=O) groups is 3. The fourth-order valence-electron chi connectivity index (χ4n) is 0.590. The predicted octanol–water partition coefficient (Wildman–Crippen LogP) is -1.35. The molecule has 0 spiro atoms. The van der Waals surface area contributed by atoms with Crippen LogP contribution in [-0.4, -0.2) is 36.6 Å². The summed E-state index contributed by atoms with van der Waals surface area (Å²) < 4.78 is 4.48. The highest BCUT2D eigenvalue weighted by molar-refractivity contribution is 5.84. The van der Waals surface area contributed by atoms with Gasteiger partial charge in [-0.2, -0.15) is 0 Å². The normalized spacial score (nSPS) is 9.21. The zero-order valence-electron chi connectivity index (χ0n) is 7.70. The van der Waals surface area contributed by atoms with Crippen LogP contribution in [0.5, 0.6) is 0 Å². The molecule has 0 aliphatic heterocycles. The number of aliphatic carboxylic acids is 1. The highest BCUT2D eigenvalue weighted by atomic mass is 16.5. The lowest BCUT2D eigenvalue weighted by Gasteiger charge is -2.05. The Kier molecular flexibility index (Phi) is 6.04. The van der Waals surface area contributed by atoms with Crippen LogP contribution in [-0.2, 0) is 19.1 Å². The van der Waals surface area contributed by atoms with Crippen molar-refractivity contribution in [1.29, 1.82) is 0 Å². The Balaban J connectivity index is 3.53. The van der Waals surface area contributed by atoms with Gasteiger partial charge in [-0.05, 0) is 0 Å². The summed E-state index contributed by atoms with van der Waals surface area (Å²) in [5.74, 6) is -2.13. The van der Waals surface area contributed by atoms with Gasteiger partial charge in [0.15, 0.2) is 0 Å². The maximum Gasteiger partial charge on any atom is 0.303 e. The van der Waals surface area contributed by atoms with Gasteiger partial charge in [0.2, 0.25) is 5.91 Å². The molecule has 7 nitrogen and oxygen atoms in total. The van der Waals surface area contributed by atoms with Gasteiger partial charge >= 0.3 is 5.97 Å². The molecule has 0 saturated carbocycles. The Morgan fingerprint density at radius 1 is 1.14 bits per heavy atom. The number of carboxylic acids is 1. The molecule has 0 radical (unpaired) electrons. The van der Waals surface area contributed by atoms with E-state index in [4.69, 9.17) is 5.11 Å². The highest BCUT2D eigenvalue weighted by Crippen LogP contribution is 1.86. The predicted molar refractivity (Wildman–Crippen MR) is 45.0 cm³/mol. The molecule has 7 heteroatoms. The van der Waals surface area contributed by atoms with Crippen molar-refractivity contribution >= 4 is 17.8 Å². The summed E-state index contributed by atoms with van der Waals surface area (Å²) in [5, 5.41) is 8.24. The number of ether oxygens (including phenoxy) is 1. The second-order valence-electron chi connectivity index (χ2n) is 2.42. The summed E-state index contributed by atoms with van der Waals surface area (Å²) in [7, 11) is 1.34. The zero-order chi connectivity index (χ0) is 11.0. The average molecular weight is 204 g/mol. The van der Waals surface area contributed by atoms with Gasteiger partial charge in [0.25, 0.3) is 5.91 Å². The molecule has 0 aromatic carbocycles. The van der Waals surface area contributed by atoms with E-state index in [2.05, 4.69) is 10.2 Å². The van der Waals surface area contributed by atoms with Gasteiger partial charge < -0.3 is 9.84 Å². The molecule has 14 heavy (non-hydrogen) atoms. The Bertz CT molecular complexity index is 228. The van der Waals surface area contributed by atoms with E-state index in [9.17, 15) is 14.4 Å². The van der Waals surface area contributed by atoms with Crippen molar-refractivity contribution in [3.8, 4) is 0 Å². The molecule has 0 atom stereocenters. The first kappa shape index (κ1) is 12.4. The van der Waals surface area contributed by atoms with Gasteiger partial charge in [0, 0.05) is 13.5 Å². The lowest BCUT2D eigenvalue weighted by Crippen LogP contribution is -2.43. The number of hydrazine groups is 1. The van der Waals surface area contributed by atoms with Crippen LogP contribution in [0.15, 0.2) is 0 Å². The van der Waals surface area contributed by atoms with Crippen LogP contribution >= 0.6 is 0 Å². The number of hydrogen-bond donors (Lipinski definition) is 3.